The SMILES string of the molecule is F.O=C(O)C1CCC1. The third-order valence-corrected chi connectivity index (χ3v) is 1.45. The second kappa shape index (κ2) is 2.64. The van der Waals surface area contributed by atoms with E-state index < -0.39 is 5.97 Å². The lowest BCUT2D eigenvalue weighted by atomic mass is 9.86. The van der Waals surface area contributed by atoms with Crippen molar-refractivity contribution in [2.75, 3.05) is 0 Å². The zero-order valence-corrected chi connectivity index (χ0v) is 4.46. The molecule has 1 fully saturated rings. The van der Waals surface area contributed by atoms with E-state index in [4.69, 9.17) is 5.11 Å². The van der Waals surface area contributed by atoms with E-state index in [0.29, 0.717) is 0 Å². The van der Waals surface area contributed by atoms with Gasteiger partial charge in [-0.1, -0.05) is 6.42 Å². The highest BCUT2D eigenvalue weighted by Crippen LogP contribution is 2.25. The number of aliphatic carboxylic acids is 1. The maximum Gasteiger partial charge on any atom is 0.306 e. The average Bonchev–Trinajstić information content (AvgIpc) is 1.23. The summed E-state index contributed by atoms with van der Waals surface area (Å²) >= 11 is 0. The average molecular weight is 120 g/mol. The zero-order chi connectivity index (χ0) is 5.28. The first-order valence-corrected chi connectivity index (χ1v) is 2.53. The molecule has 0 aromatic carbocycles. The molecule has 0 unspecified atom stereocenters. The van der Waals surface area contributed by atoms with Crippen LogP contribution >= 0.6 is 0 Å². The van der Waals surface area contributed by atoms with Crippen molar-refractivity contribution >= 4 is 5.97 Å². The molecule has 1 aliphatic rings. The Morgan fingerprint density at radius 3 is 2.00 bits per heavy atom. The molecule has 0 aliphatic heterocycles. The minimum absolute atomic E-state index is 0. The van der Waals surface area contributed by atoms with Crippen molar-refractivity contribution in [1.29, 1.82) is 0 Å². The van der Waals surface area contributed by atoms with Gasteiger partial charge in [-0.2, -0.15) is 0 Å². The Hall–Kier alpha value is -0.600. The Labute approximate surface area is 46.9 Å². The summed E-state index contributed by atoms with van der Waals surface area (Å²) in [5, 5.41) is 8.23. The molecule has 1 saturated carbocycles. The van der Waals surface area contributed by atoms with Gasteiger partial charge < -0.3 is 5.11 Å². The van der Waals surface area contributed by atoms with E-state index in [2.05, 4.69) is 0 Å². The molecule has 0 amide bonds. The molecule has 1 N–H and O–H groups in total. The lowest BCUT2D eigenvalue weighted by Crippen LogP contribution is -2.20. The Morgan fingerprint density at radius 1 is 1.50 bits per heavy atom. The summed E-state index contributed by atoms with van der Waals surface area (Å²) in [6.07, 6.45) is 2.90. The van der Waals surface area contributed by atoms with Gasteiger partial charge in [0, 0.05) is 0 Å². The minimum atomic E-state index is -0.619. The van der Waals surface area contributed by atoms with Crippen LogP contribution in [0.3, 0.4) is 0 Å². The third kappa shape index (κ3) is 1.18. The molecule has 0 spiro atoms. The summed E-state index contributed by atoms with van der Waals surface area (Å²) in [7, 11) is 0. The summed E-state index contributed by atoms with van der Waals surface area (Å²) in [6.45, 7) is 0. The Morgan fingerprint density at radius 2 is 2.00 bits per heavy atom. The van der Waals surface area contributed by atoms with E-state index >= 15 is 0 Å². The minimum Gasteiger partial charge on any atom is -0.481 e. The van der Waals surface area contributed by atoms with Crippen LogP contribution < -0.4 is 0 Å². The normalized spacial score (nSPS) is 18.5. The largest absolute Gasteiger partial charge is 0.481 e. The Bertz CT molecular complexity index is 88.4. The van der Waals surface area contributed by atoms with Crippen molar-refractivity contribution in [2.45, 2.75) is 19.3 Å². The molecular formula is C5H9FO2. The predicted molar refractivity (Wildman–Crippen MR) is 27.5 cm³/mol. The van der Waals surface area contributed by atoms with Gasteiger partial charge >= 0.3 is 5.97 Å². The summed E-state index contributed by atoms with van der Waals surface area (Å²) in [4.78, 5) is 9.98. The van der Waals surface area contributed by atoms with E-state index in [1.54, 1.807) is 0 Å². The van der Waals surface area contributed by atoms with Crippen LogP contribution in [0.5, 0.6) is 0 Å². The molecule has 0 heterocycles. The molecule has 0 radical (unpaired) electrons. The highest BCUT2D eigenvalue weighted by molar-refractivity contribution is 5.70. The quantitative estimate of drug-likeness (QED) is 0.561. The van der Waals surface area contributed by atoms with Crippen LogP contribution in [0.1, 0.15) is 19.3 Å². The van der Waals surface area contributed by atoms with E-state index in [1.165, 1.54) is 0 Å². The first-order chi connectivity index (χ1) is 3.30. The summed E-state index contributed by atoms with van der Waals surface area (Å²) in [6, 6.07) is 0. The molecule has 0 aromatic rings. The number of carboxylic acid groups (broad SMARTS) is 1. The molecule has 1 rings (SSSR count). The van der Waals surface area contributed by atoms with Gasteiger partial charge in [-0.3, -0.25) is 9.50 Å². The monoisotopic (exact) mass is 120 g/mol. The van der Waals surface area contributed by atoms with Crippen LogP contribution in [-0.2, 0) is 4.79 Å². The molecule has 2 nitrogen and oxygen atoms in total. The number of carbonyl (C=O) groups is 1. The topological polar surface area (TPSA) is 37.3 Å². The van der Waals surface area contributed by atoms with Crippen LogP contribution in [0.4, 0.5) is 4.70 Å². The van der Waals surface area contributed by atoms with Gasteiger partial charge in [0.25, 0.3) is 0 Å². The summed E-state index contributed by atoms with van der Waals surface area (Å²) in [5.74, 6) is -0.619. The van der Waals surface area contributed by atoms with Crippen LogP contribution in [0.25, 0.3) is 0 Å². The highest BCUT2D eigenvalue weighted by Gasteiger charge is 2.23. The molecule has 3 heteroatoms. The fourth-order valence-electron chi connectivity index (χ4n) is 0.655. The molecule has 0 aromatic heterocycles. The van der Waals surface area contributed by atoms with E-state index in [9.17, 15) is 4.79 Å². The summed E-state index contributed by atoms with van der Waals surface area (Å²) < 4.78 is 0. The van der Waals surface area contributed by atoms with Crippen LogP contribution in [-0.4, -0.2) is 11.1 Å². The van der Waals surface area contributed by atoms with Gasteiger partial charge in [0.1, 0.15) is 0 Å². The fraction of sp³-hybridized carbons (Fsp3) is 0.800. The molecule has 0 atom stereocenters. The molecule has 8 heavy (non-hydrogen) atoms. The number of rotatable bonds is 1. The van der Waals surface area contributed by atoms with Gasteiger partial charge in [-0.25, -0.2) is 0 Å². The zero-order valence-electron chi connectivity index (χ0n) is 4.46. The Balaban J connectivity index is 0.000000490. The predicted octanol–water partition coefficient (Wildman–Crippen LogP) is 1.02. The number of hydrogen-bond acceptors (Lipinski definition) is 1. The van der Waals surface area contributed by atoms with Crippen LogP contribution in [0, 0.1) is 5.92 Å². The maximum absolute atomic E-state index is 9.98. The van der Waals surface area contributed by atoms with Gasteiger partial charge in [0.2, 0.25) is 0 Å². The lowest BCUT2D eigenvalue weighted by Gasteiger charge is -2.19. The molecule has 0 bridgehead atoms. The smallest absolute Gasteiger partial charge is 0.306 e. The van der Waals surface area contributed by atoms with Crippen molar-refractivity contribution in [3.05, 3.63) is 0 Å². The second-order valence-electron chi connectivity index (χ2n) is 1.97. The van der Waals surface area contributed by atoms with Crippen LogP contribution in [0.2, 0.25) is 0 Å². The molecule has 1 aliphatic carbocycles. The van der Waals surface area contributed by atoms with Gasteiger partial charge in [0.15, 0.2) is 0 Å². The van der Waals surface area contributed by atoms with Crippen LogP contribution in [0.15, 0.2) is 0 Å². The maximum atomic E-state index is 9.98. The second-order valence-corrected chi connectivity index (χ2v) is 1.97. The number of carboxylic acids is 1. The van der Waals surface area contributed by atoms with Crippen molar-refractivity contribution < 1.29 is 14.6 Å². The molecule has 0 saturated heterocycles. The van der Waals surface area contributed by atoms with Crippen molar-refractivity contribution in [1.82, 2.24) is 0 Å². The first kappa shape index (κ1) is 7.40. The summed E-state index contributed by atoms with van der Waals surface area (Å²) in [5.41, 5.74) is 0. The fourth-order valence-corrected chi connectivity index (χ4v) is 0.655. The highest BCUT2D eigenvalue weighted by atomic mass is 19.0. The number of hydrogen-bond donors (Lipinski definition) is 1. The molecule has 48 valence electrons. The van der Waals surface area contributed by atoms with E-state index in [-0.39, 0.29) is 10.6 Å². The van der Waals surface area contributed by atoms with Crippen molar-refractivity contribution in [3.8, 4) is 0 Å². The standard InChI is InChI=1S/C5H8O2.FH/c6-5(7)4-2-1-3-4;/h4H,1-3H2,(H,6,7);1H. The van der Waals surface area contributed by atoms with Gasteiger partial charge in [-0.05, 0) is 12.8 Å². The molecular weight excluding hydrogens is 111 g/mol. The lowest BCUT2D eigenvalue weighted by molar-refractivity contribution is -0.144. The van der Waals surface area contributed by atoms with Gasteiger partial charge in [0.05, 0.1) is 5.92 Å². The van der Waals surface area contributed by atoms with Crippen molar-refractivity contribution in [2.24, 2.45) is 5.92 Å². The van der Waals surface area contributed by atoms with E-state index in [0.717, 1.165) is 19.3 Å². The van der Waals surface area contributed by atoms with Gasteiger partial charge in [-0.15, -0.1) is 0 Å². The van der Waals surface area contributed by atoms with E-state index in [1.807, 2.05) is 0 Å². The first-order valence-electron chi connectivity index (χ1n) is 2.53. The number of halogens is 1. The Kier molecular flexibility index (Phi) is 2.45. The third-order valence-electron chi connectivity index (χ3n) is 1.45. The van der Waals surface area contributed by atoms with Crippen molar-refractivity contribution in [3.63, 3.8) is 0 Å².